The van der Waals surface area contributed by atoms with Crippen LogP contribution in [0, 0.1) is 0 Å². The molecule has 2 heteroatoms. The van der Waals surface area contributed by atoms with Gasteiger partial charge in [-0.15, -0.1) is 0 Å². The summed E-state index contributed by atoms with van der Waals surface area (Å²) >= 11 is 0. The molecule has 1 aliphatic heterocycles. The van der Waals surface area contributed by atoms with Gasteiger partial charge in [-0.2, -0.15) is 0 Å². The van der Waals surface area contributed by atoms with Crippen molar-refractivity contribution in [2.75, 3.05) is 13.2 Å². The van der Waals surface area contributed by atoms with Crippen LogP contribution >= 0.6 is 0 Å². The molecule has 1 aliphatic rings. The number of rotatable bonds is 0. The van der Waals surface area contributed by atoms with E-state index in [1.54, 1.807) is 6.08 Å². The zero-order chi connectivity index (χ0) is 5.11. The Morgan fingerprint density at radius 1 is 1.71 bits per heavy atom. The van der Waals surface area contributed by atoms with Crippen LogP contribution in [0.15, 0.2) is 11.9 Å². The van der Waals surface area contributed by atoms with Crippen LogP contribution in [0.5, 0.6) is 0 Å². The lowest BCUT2D eigenvalue weighted by Gasteiger charge is -2.04. The summed E-state index contributed by atoms with van der Waals surface area (Å²) in [4.78, 5) is 0. The Kier molecular flexibility index (Phi) is 1.42. The average Bonchev–Trinajstić information content (AvgIpc) is 1.69. The summed E-state index contributed by atoms with van der Waals surface area (Å²) in [5.74, 6) is -0.133. The maximum atomic E-state index is 11.9. The smallest absolute Gasteiger partial charge is 0.122 e. The van der Waals surface area contributed by atoms with Gasteiger partial charge in [0, 0.05) is 0 Å². The van der Waals surface area contributed by atoms with E-state index in [4.69, 9.17) is 4.74 Å². The highest BCUT2D eigenvalue weighted by Crippen LogP contribution is 2.04. The Hall–Kier alpha value is -0.370. The molecular formula is C5H7FO. The largest absolute Gasteiger partial charge is 0.374 e. The van der Waals surface area contributed by atoms with Gasteiger partial charge in [-0.25, -0.2) is 4.39 Å². The van der Waals surface area contributed by atoms with Gasteiger partial charge in [0.2, 0.25) is 0 Å². The average molecular weight is 102 g/mol. The van der Waals surface area contributed by atoms with Crippen LogP contribution in [0.3, 0.4) is 0 Å². The van der Waals surface area contributed by atoms with Gasteiger partial charge >= 0.3 is 0 Å². The van der Waals surface area contributed by atoms with E-state index in [1.165, 1.54) is 0 Å². The van der Waals surface area contributed by atoms with Crippen LogP contribution < -0.4 is 0 Å². The van der Waals surface area contributed by atoms with Gasteiger partial charge in [0.25, 0.3) is 0 Å². The van der Waals surface area contributed by atoms with Crippen LogP contribution in [-0.4, -0.2) is 13.2 Å². The lowest BCUT2D eigenvalue weighted by atomic mass is 10.3. The quantitative estimate of drug-likeness (QED) is 0.447. The van der Waals surface area contributed by atoms with Crippen molar-refractivity contribution in [1.82, 2.24) is 0 Å². The molecule has 1 heterocycles. The van der Waals surface area contributed by atoms with Crippen LogP contribution in [0.2, 0.25) is 0 Å². The lowest BCUT2D eigenvalue weighted by Crippen LogP contribution is -2.01. The van der Waals surface area contributed by atoms with E-state index >= 15 is 0 Å². The molecule has 0 aromatic carbocycles. The number of ether oxygens (including phenoxy) is 1. The molecule has 0 amide bonds. The highest BCUT2D eigenvalue weighted by atomic mass is 19.1. The van der Waals surface area contributed by atoms with Crippen molar-refractivity contribution in [3.05, 3.63) is 11.9 Å². The molecule has 0 saturated carbocycles. The fourth-order valence-corrected chi connectivity index (χ4v) is 0.527. The second-order valence-electron chi connectivity index (χ2n) is 1.49. The molecule has 0 saturated heterocycles. The van der Waals surface area contributed by atoms with Crippen LogP contribution in [-0.2, 0) is 4.74 Å². The first-order chi connectivity index (χ1) is 3.39. The standard InChI is InChI=1S/C5H7FO/c6-5-2-1-3-7-4-5/h2H,1,3-4H2. The predicted molar refractivity (Wildman–Crippen MR) is 24.6 cm³/mol. The number of hydrogen-bond donors (Lipinski definition) is 0. The first-order valence-electron chi connectivity index (χ1n) is 2.32. The molecule has 1 nitrogen and oxygen atoms in total. The van der Waals surface area contributed by atoms with E-state index in [1.807, 2.05) is 0 Å². The summed E-state index contributed by atoms with van der Waals surface area (Å²) < 4.78 is 16.7. The highest BCUT2D eigenvalue weighted by Gasteiger charge is 1.98. The second kappa shape index (κ2) is 2.07. The van der Waals surface area contributed by atoms with Crippen molar-refractivity contribution in [3.8, 4) is 0 Å². The zero-order valence-electron chi connectivity index (χ0n) is 3.98. The number of hydrogen-bond acceptors (Lipinski definition) is 1. The van der Waals surface area contributed by atoms with Crippen molar-refractivity contribution in [2.24, 2.45) is 0 Å². The van der Waals surface area contributed by atoms with Gasteiger partial charge in [0.15, 0.2) is 0 Å². The number of halogens is 1. The van der Waals surface area contributed by atoms with Crippen LogP contribution in [0.25, 0.3) is 0 Å². The lowest BCUT2D eigenvalue weighted by molar-refractivity contribution is 0.134. The molecule has 0 bridgehead atoms. The normalized spacial score (nSPS) is 21.6. The van der Waals surface area contributed by atoms with E-state index in [0.29, 0.717) is 6.61 Å². The Balaban J connectivity index is 2.40. The van der Waals surface area contributed by atoms with Crippen molar-refractivity contribution >= 4 is 0 Å². The fraction of sp³-hybridized carbons (Fsp3) is 0.600. The molecule has 40 valence electrons. The van der Waals surface area contributed by atoms with E-state index in [2.05, 4.69) is 0 Å². The van der Waals surface area contributed by atoms with Crippen LogP contribution in [0.4, 0.5) is 4.39 Å². The Morgan fingerprint density at radius 2 is 2.57 bits per heavy atom. The third-order valence-corrected chi connectivity index (χ3v) is 0.868. The fourth-order valence-electron chi connectivity index (χ4n) is 0.527. The Bertz CT molecular complexity index is 88.1. The molecule has 0 aliphatic carbocycles. The van der Waals surface area contributed by atoms with Gasteiger partial charge in [-0.1, -0.05) is 0 Å². The Morgan fingerprint density at radius 3 is 2.86 bits per heavy atom. The van der Waals surface area contributed by atoms with Crippen LogP contribution in [0.1, 0.15) is 6.42 Å². The third-order valence-electron chi connectivity index (χ3n) is 0.868. The van der Waals surface area contributed by atoms with Gasteiger partial charge in [0.1, 0.15) is 5.83 Å². The molecule has 0 aromatic heterocycles. The monoisotopic (exact) mass is 102 g/mol. The topological polar surface area (TPSA) is 9.23 Å². The Labute approximate surface area is 41.8 Å². The summed E-state index contributed by atoms with van der Waals surface area (Å²) in [6.07, 6.45) is 2.29. The summed E-state index contributed by atoms with van der Waals surface area (Å²) in [6, 6.07) is 0. The van der Waals surface area contributed by atoms with Gasteiger partial charge in [-0.05, 0) is 12.5 Å². The van der Waals surface area contributed by atoms with Crippen molar-refractivity contribution in [3.63, 3.8) is 0 Å². The molecule has 1 rings (SSSR count). The minimum atomic E-state index is -0.133. The van der Waals surface area contributed by atoms with E-state index < -0.39 is 0 Å². The molecular weight excluding hydrogens is 95.1 g/mol. The predicted octanol–water partition coefficient (Wildman–Crippen LogP) is 1.26. The summed E-state index contributed by atoms with van der Waals surface area (Å²) in [6.45, 7) is 0.855. The molecule has 7 heavy (non-hydrogen) atoms. The SMILES string of the molecule is FC1=CCCOC1. The van der Waals surface area contributed by atoms with Gasteiger partial charge < -0.3 is 4.74 Å². The molecule has 0 N–H and O–H groups in total. The first kappa shape index (κ1) is 4.78. The van der Waals surface area contributed by atoms with E-state index in [0.717, 1.165) is 6.42 Å². The third kappa shape index (κ3) is 1.27. The molecule has 0 spiro atoms. The van der Waals surface area contributed by atoms with Gasteiger partial charge in [-0.3, -0.25) is 0 Å². The maximum Gasteiger partial charge on any atom is 0.122 e. The molecule has 0 aromatic rings. The molecule has 0 fully saturated rings. The molecule has 0 atom stereocenters. The van der Waals surface area contributed by atoms with E-state index in [9.17, 15) is 4.39 Å². The molecule has 0 radical (unpaired) electrons. The minimum Gasteiger partial charge on any atom is -0.374 e. The highest BCUT2D eigenvalue weighted by molar-refractivity contribution is 4.93. The summed E-state index contributed by atoms with van der Waals surface area (Å²) in [5, 5.41) is 0. The first-order valence-corrected chi connectivity index (χ1v) is 2.32. The van der Waals surface area contributed by atoms with Crippen molar-refractivity contribution < 1.29 is 9.13 Å². The second-order valence-corrected chi connectivity index (χ2v) is 1.49. The van der Waals surface area contributed by atoms with Gasteiger partial charge in [0.05, 0.1) is 13.2 Å². The summed E-state index contributed by atoms with van der Waals surface area (Å²) in [5.41, 5.74) is 0. The van der Waals surface area contributed by atoms with E-state index in [-0.39, 0.29) is 12.4 Å². The zero-order valence-corrected chi connectivity index (χ0v) is 3.98. The van der Waals surface area contributed by atoms with Crippen molar-refractivity contribution in [1.29, 1.82) is 0 Å². The van der Waals surface area contributed by atoms with Crippen molar-refractivity contribution in [2.45, 2.75) is 6.42 Å². The minimum absolute atomic E-state index is 0.133. The maximum absolute atomic E-state index is 11.9. The molecule has 0 unspecified atom stereocenters. The summed E-state index contributed by atoms with van der Waals surface area (Å²) in [7, 11) is 0.